The van der Waals surface area contributed by atoms with E-state index in [1.165, 1.54) is 17.7 Å². The maximum atomic E-state index is 12.8. The molecule has 3 heterocycles. The second kappa shape index (κ2) is 4.92. The van der Waals surface area contributed by atoms with E-state index in [-0.39, 0.29) is 23.2 Å². The van der Waals surface area contributed by atoms with Gasteiger partial charge in [0.1, 0.15) is 24.3 Å². The van der Waals surface area contributed by atoms with Crippen molar-refractivity contribution in [1.29, 1.82) is 0 Å². The standard InChI is InChI=1S/C14H11N5O2S/c15-12-11-13(17-6-16-12)21-4-3-19(14(11)20)8-1-2-9-10(5-8)22-7-18-9/h1-2,5-7H,3-4H2,(H2,15,16,17). The van der Waals surface area contributed by atoms with Crippen LogP contribution in [0.5, 0.6) is 5.88 Å². The lowest BCUT2D eigenvalue weighted by molar-refractivity contribution is 0.0990. The lowest BCUT2D eigenvalue weighted by Crippen LogP contribution is -2.32. The first-order chi connectivity index (χ1) is 10.7. The molecule has 0 saturated carbocycles. The number of carbonyl (C=O) groups is 1. The van der Waals surface area contributed by atoms with Gasteiger partial charge >= 0.3 is 0 Å². The van der Waals surface area contributed by atoms with Gasteiger partial charge in [-0.1, -0.05) is 0 Å². The van der Waals surface area contributed by atoms with Crippen molar-refractivity contribution >= 4 is 39.0 Å². The quantitative estimate of drug-likeness (QED) is 0.735. The summed E-state index contributed by atoms with van der Waals surface area (Å²) in [5.41, 5.74) is 9.51. The van der Waals surface area contributed by atoms with Crippen LogP contribution in [0.25, 0.3) is 10.2 Å². The van der Waals surface area contributed by atoms with Gasteiger partial charge in [-0.15, -0.1) is 11.3 Å². The van der Waals surface area contributed by atoms with Gasteiger partial charge in [-0.2, -0.15) is 0 Å². The summed E-state index contributed by atoms with van der Waals surface area (Å²) >= 11 is 1.53. The SMILES string of the molecule is Nc1ncnc2c1C(=O)N(c1ccc3ncsc3c1)CCO2. The molecule has 0 bridgehead atoms. The number of nitrogens with zero attached hydrogens (tertiary/aromatic N) is 4. The zero-order chi connectivity index (χ0) is 15.1. The molecule has 2 aromatic heterocycles. The first kappa shape index (κ1) is 13.0. The molecule has 2 N–H and O–H groups in total. The topological polar surface area (TPSA) is 94.2 Å². The van der Waals surface area contributed by atoms with Gasteiger partial charge in [0.15, 0.2) is 0 Å². The molecule has 110 valence electrons. The molecule has 3 aromatic rings. The Morgan fingerprint density at radius 2 is 2.18 bits per heavy atom. The largest absolute Gasteiger partial charge is 0.475 e. The zero-order valence-electron chi connectivity index (χ0n) is 11.4. The number of thiazole rings is 1. The first-order valence-corrected chi connectivity index (χ1v) is 7.50. The zero-order valence-corrected chi connectivity index (χ0v) is 12.2. The average Bonchev–Trinajstić information content (AvgIpc) is 2.91. The highest BCUT2D eigenvalue weighted by atomic mass is 32.1. The van der Waals surface area contributed by atoms with Crippen molar-refractivity contribution in [1.82, 2.24) is 15.0 Å². The van der Waals surface area contributed by atoms with E-state index < -0.39 is 0 Å². The lowest BCUT2D eigenvalue weighted by atomic mass is 10.2. The fourth-order valence-electron chi connectivity index (χ4n) is 2.42. The fourth-order valence-corrected chi connectivity index (χ4v) is 3.13. The Hall–Kier alpha value is -2.74. The Bertz CT molecular complexity index is 879. The van der Waals surface area contributed by atoms with Crippen LogP contribution in [0.15, 0.2) is 30.0 Å². The third-order valence-electron chi connectivity index (χ3n) is 3.48. The van der Waals surface area contributed by atoms with Gasteiger partial charge in [0.25, 0.3) is 5.91 Å². The normalized spacial score (nSPS) is 14.5. The Morgan fingerprint density at radius 1 is 1.27 bits per heavy atom. The van der Waals surface area contributed by atoms with Crippen molar-refractivity contribution in [2.24, 2.45) is 0 Å². The molecule has 1 aliphatic heterocycles. The smallest absolute Gasteiger partial charge is 0.267 e. The molecule has 0 radical (unpaired) electrons. The van der Waals surface area contributed by atoms with E-state index in [4.69, 9.17) is 10.5 Å². The van der Waals surface area contributed by atoms with Crippen molar-refractivity contribution in [3.63, 3.8) is 0 Å². The molecule has 22 heavy (non-hydrogen) atoms. The first-order valence-electron chi connectivity index (χ1n) is 6.62. The molecule has 0 fully saturated rings. The Balaban J connectivity index is 1.81. The van der Waals surface area contributed by atoms with Gasteiger partial charge in [-0.05, 0) is 18.2 Å². The number of nitrogens with two attached hydrogens (primary N) is 1. The second-order valence-corrected chi connectivity index (χ2v) is 5.64. The molecule has 7 nitrogen and oxygen atoms in total. The van der Waals surface area contributed by atoms with Crippen LogP contribution in [-0.4, -0.2) is 34.0 Å². The number of ether oxygens (including phenoxy) is 1. The Labute approximate surface area is 129 Å². The van der Waals surface area contributed by atoms with Crippen molar-refractivity contribution in [2.45, 2.75) is 0 Å². The summed E-state index contributed by atoms with van der Waals surface area (Å²) in [5.74, 6) is 0.106. The fraction of sp³-hybridized carbons (Fsp3) is 0.143. The molecular weight excluding hydrogens is 302 g/mol. The predicted molar refractivity (Wildman–Crippen MR) is 83.2 cm³/mol. The number of amides is 1. The average molecular weight is 313 g/mol. The third kappa shape index (κ3) is 1.96. The minimum atomic E-state index is -0.255. The van der Waals surface area contributed by atoms with Crippen molar-refractivity contribution in [3.05, 3.63) is 35.6 Å². The Kier molecular flexibility index (Phi) is 2.90. The van der Waals surface area contributed by atoms with E-state index in [1.54, 1.807) is 10.4 Å². The third-order valence-corrected chi connectivity index (χ3v) is 4.27. The minimum absolute atomic E-state index is 0.126. The summed E-state index contributed by atoms with van der Waals surface area (Å²) < 4.78 is 6.54. The van der Waals surface area contributed by atoms with E-state index in [9.17, 15) is 4.79 Å². The predicted octanol–water partition coefficient (Wildman–Crippen LogP) is 1.71. The summed E-state index contributed by atoms with van der Waals surface area (Å²) in [7, 11) is 0. The van der Waals surface area contributed by atoms with Crippen LogP contribution < -0.4 is 15.4 Å². The molecule has 0 unspecified atom stereocenters. The maximum Gasteiger partial charge on any atom is 0.267 e. The second-order valence-electron chi connectivity index (χ2n) is 4.75. The molecular formula is C14H11N5O2S. The van der Waals surface area contributed by atoms with Crippen LogP contribution in [-0.2, 0) is 0 Å². The van der Waals surface area contributed by atoms with E-state index in [0.717, 1.165) is 15.9 Å². The highest BCUT2D eigenvalue weighted by Gasteiger charge is 2.28. The van der Waals surface area contributed by atoms with E-state index in [2.05, 4.69) is 15.0 Å². The number of hydrogen-bond acceptors (Lipinski definition) is 7. The number of hydrogen-bond donors (Lipinski definition) is 1. The summed E-state index contributed by atoms with van der Waals surface area (Å²) in [4.78, 5) is 26.6. The van der Waals surface area contributed by atoms with Crippen molar-refractivity contribution in [3.8, 4) is 5.88 Å². The van der Waals surface area contributed by atoms with Gasteiger partial charge < -0.3 is 15.4 Å². The Morgan fingerprint density at radius 3 is 3.09 bits per heavy atom. The van der Waals surface area contributed by atoms with Crippen LogP contribution in [0.1, 0.15) is 10.4 Å². The summed E-state index contributed by atoms with van der Waals surface area (Å²) in [6.07, 6.45) is 1.29. The molecule has 8 heteroatoms. The van der Waals surface area contributed by atoms with Crippen molar-refractivity contribution < 1.29 is 9.53 Å². The highest BCUT2D eigenvalue weighted by Crippen LogP contribution is 2.29. The van der Waals surface area contributed by atoms with Crippen molar-refractivity contribution in [2.75, 3.05) is 23.8 Å². The number of carbonyl (C=O) groups excluding carboxylic acids is 1. The number of benzene rings is 1. The number of anilines is 2. The van der Waals surface area contributed by atoms with Gasteiger partial charge in [-0.3, -0.25) is 4.79 Å². The molecule has 1 aromatic carbocycles. The van der Waals surface area contributed by atoms with Crippen LogP contribution in [0, 0.1) is 0 Å². The summed E-state index contributed by atoms with van der Waals surface area (Å²) in [6, 6.07) is 5.70. The van der Waals surface area contributed by atoms with Gasteiger partial charge in [0.05, 0.1) is 22.3 Å². The van der Waals surface area contributed by atoms with Gasteiger partial charge in [0, 0.05) is 5.69 Å². The molecule has 4 rings (SSSR count). The number of rotatable bonds is 1. The van der Waals surface area contributed by atoms with Gasteiger partial charge in [-0.25, -0.2) is 15.0 Å². The van der Waals surface area contributed by atoms with E-state index in [1.807, 2.05) is 18.2 Å². The van der Waals surface area contributed by atoms with Crippen LogP contribution in [0.4, 0.5) is 11.5 Å². The van der Waals surface area contributed by atoms with Crippen LogP contribution in [0.3, 0.4) is 0 Å². The lowest BCUT2D eigenvalue weighted by Gasteiger charge is -2.20. The van der Waals surface area contributed by atoms with E-state index >= 15 is 0 Å². The molecule has 0 saturated heterocycles. The molecule has 1 amide bonds. The van der Waals surface area contributed by atoms with Gasteiger partial charge in [0.2, 0.25) is 5.88 Å². The number of fused-ring (bicyclic) bond motifs is 2. The van der Waals surface area contributed by atoms with Crippen LogP contribution >= 0.6 is 11.3 Å². The molecule has 0 spiro atoms. The number of nitrogen functional groups attached to an aromatic ring is 1. The summed E-state index contributed by atoms with van der Waals surface area (Å²) in [5, 5.41) is 0. The molecule has 0 atom stereocenters. The molecule has 1 aliphatic rings. The molecule has 0 aliphatic carbocycles. The van der Waals surface area contributed by atoms with E-state index in [0.29, 0.717) is 13.2 Å². The highest BCUT2D eigenvalue weighted by molar-refractivity contribution is 7.16. The minimum Gasteiger partial charge on any atom is -0.475 e. The maximum absolute atomic E-state index is 12.8. The monoisotopic (exact) mass is 313 g/mol. The number of aromatic nitrogens is 3. The van der Waals surface area contributed by atoms with Crippen LogP contribution in [0.2, 0.25) is 0 Å². The summed E-state index contributed by atoms with van der Waals surface area (Å²) in [6.45, 7) is 0.759.